The van der Waals surface area contributed by atoms with Gasteiger partial charge in [-0.3, -0.25) is 0 Å². The lowest BCUT2D eigenvalue weighted by atomic mass is 9.90. The van der Waals surface area contributed by atoms with Crippen molar-refractivity contribution >= 4 is 0 Å². The van der Waals surface area contributed by atoms with Crippen LogP contribution in [0.1, 0.15) is 52.9 Å². The molecule has 1 aliphatic carbocycles. The molecule has 2 atom stereocenters. The van der Waals surface area contributed by atoms with Gasteiger partial charge in [-0.2, -0.15) is 5.26 Å². The van der Waals surface area contributed by atoms with Gasteiger partial charge in [-0.25, -0.2) is 0 Å². The molecular weight excluding hydrogens is 196 g/mol. The molecule has 16 heavy (non-hydrogen) atoms. The van der Waals surface area contributed by atoms with Crippen LogP contribution in [0.4, 0.5) is 0 Å². The first kappa shape index (κ1) is 13.5. The van der Waals surface area contributed by atoms with Crippen molar-refractivity contribution in [1.82, 2.24) is 5.32 Å². The highest BCUT2D eigenvalue weighted by Gasteiger charge is 2.22. The van der Waals surface area contributed by atoms with Crippen LogP contribution >= 0.6 is 0 Å². The van der Waals surface area contributed by atoms with Gasteiger partial charge in [0.2, 0.25) is 0 Å². The number of nitriles is 1. The molecule has 0 spiro atoms. The minimum Gasteiger partial charge on any atom is -0.316 e. The summed E-state index contributed by atoms with van der Waals surface area (Å²) in [6, 6.07) is 2.35. The fourth-order valence-corrected chi connectivity index (χ4v) is 2.52. The second-order valence-electron chi connectivity index (χ2n) is 5.97. The number of hydrogen-bond acceptors (Lipinski definition) is 2. The Hall–Kier alpha value is -0.550. The number of rotatable bonds is 6. The van der Waals surface area contributed by atoms with Crippen LogP contribution < -0.4 is 5.32 Å². The van der Waals surface area contributed by atoms with Crippen molar-refractivity contribution in [2.75, 3.05) is 13.1 Å². The maximum absolute atomic E-state index is 8.89. The zero-order valence-corrected chi connectivity index (χ0v) is 11.1. The Morgan fingerprint density at radius 1 is 1.38 bits per heavy atom. The third-order valence-electron chi connectivity index (χ3n) is 3.90. The molecular formula is C14H26N2. The first-order valence-electron chi connectivity index (χ1n) is 6.67. The van der Waals surface area contributed by atoms with E-state index in [-0.39, 0.29) is 5.41 Å². The fourth-order valence-electron chi connectivity index (χ4n) is 2.52. The third kappa shape index (κ3) is 4.53. The minimum absolute atomic E-state index is 0.150. The van der Waals surface area contributed by atoms with E-state index in [1.54, 1.807) is 0 Å². The van der Waals surface area contributed by atoms with Gasteiger partial charge in [-0.1, -0.05) is 19.8 Å². The second-order valence-corrected chi connectivity index (χ2v) is 5.97. The van der Waals surface area contributed by atoms with E-state index >= 15 is 0 Å². The Balaban J connectivity index is 2.02. The Labute approximate surface area is 100 Å². The molecule has 1 fully saturated rings. The summed E-state index contributed by atoms with van der Waals surface area (Å²) in [6.07, 6.45) is 6.33. The van der Waals surface area contributed by atoms with Crippen molar-refractivity contribution in [3.8, 4) is 6.07 Å². The van der Waals surface area contributed by atoms with Crippen LogP contribution in [-0.4, -0.2) is 13.1 Å². The molecule has 0 heterocycles. The van der Waals surface area contributed by atoms with Crippen molar-refractivity contribution in [1.29, 1.82) is 5.26 Å². The second kappa shape index (κ2) is 6.25. The van der Waals surface area contributed by atoms with Crippen LogP contribution in [0.5, 0.6) is 0 Å². The largest absolute Gasteiger partial charge is 0.316 e. The quantitative estimate of drug-likeness (QED) is 0.700. The molecule has 1 rings (SSSR count). The number of nitrogens with zero attached hydrogens (tertiary/aromatic N) is 1. The molecule has 0 aromatic rings. The van der Waals surface area contributed by atoms with E-state index in [2.05, 4.69) is 18.3 Å². The third-order valence-corrected chi connectivity index (χ3v) is 3.90. The standard InChI is InChI=1S/C14H26N2/c1-12-6-4-7-13(12)10-16-9-5-8-14(2,3)11-15/h12-13,16H,4-10H2,1-3H3. The summed E-state index contributed by atoms with van der Waals surface area (Å²) >= 11 is 0. The summed E-state index contributed by atoms with van der Waals surface area (Å²) in [6.45, 7) is 8.65. The molecule has 0 aromatic heterocycles. The number of nitrogens with one attached hydrogen (secondary N) is 1. The van der Waals surface area contributed by atoms with Gasteiger partial charge in [-0.05, 0) is 58.0 Å². The minimum atomic E-state index is -0.150. The highest BCUT2D eigenvalue weighted by molar-refractivity contribution is 4.91. The topological polar surface area (TPSA) is 35.8 Å². The van der Waals surface area contributed by atoms with Gasteiger partial charge in [-0.15, -0.1) is 0 Å². The lowest BCUT2D eigenvalue weighted by Crippen LogP contribution is -2.26. The van der Waals surface area contributed by atoms with Crippen molar-refractivity contribution in [2.24, 2.45) is 17.3 Å². The van der Waals surface area contributed by atoms with Crippen LogP contribution in [0.25, 0.3) is 0 Å². The number of hydrogen-bond donors (Lipinski definition) is 1. The van der Waals surface area contributed by atoms with Crippen molar-refractivity contribution in [3.63, 3.8) is 0 Å². The molecule has 0 bridgehead atoms. The maximum atomic E-state index is 8.89. The summed E-state index contributed by atoms with van der Waals surface area (Å²) in [5.41, 5.74) is -0.150. The van der Waals surface area contributed by atoms with Crippen molar-refractivity contribution in [2.45, 2.75) is 52.9 Å². The van der Waals surface area contributed by atoms with Crippen LogP contribution in [-0.2, 0) is 0 Å². The predicted molar refractivity (Wildman–Crippen MR) is 68.0 cm³/mol. The first-order chi connectivity index (χ1) is 7.55. The Morgan fingerprint density at radius 2 is 2.12 bits per heavy atom. The molecule has 2 heteroatoms. The van der Waals surface area contributed by atoms with Gasteiger partial charge in [0.15, 0.2) is 0 Å². The average molecular weight is 222 g/mol. The van der Waals surface area contributed by atoms with E-state index in [9.17, 15) is 0 Å². The maximum Gasteiger partial charge on any atom is 0.0683 e. The zero-order valence-electron chi connectivity index (χ0n) is 11.1. The normalized spacial score (nSPS) is 25.6. The van der Waals surface area contributed by atoms with E-state index in [0.717, 1.165) is 31.2 Å². The van der Waals surface area contributed by atoms with E-state index < -0.39 is 0 Å². The molecule has 2 nitrogen and oxygen atoms in total. The molecule has 0 radical (unpaired) electrons. The summed E-state index contributed by atoms with van der Waals surface area (Å²) in [5.74, 6) is 1.80. The fraction of sp³-hybridized carbons (Fsp3) is 0.929. The Kier molecular flexibility index (Phi) is 5.28. The average Bonchev–Trinajstić information content (AvgIpc) is 2.64. The van der Waals surface area contributed by atoms with Crippen LogP contribution in [0.3, 0.4) is 0 Å². The lowest BCUT2D eigenvalue weighted by molar-refractivity contribution is 0.377. The van der Waals surface area contributed by atoms with Gasteiger partial charge in [0.05, 0.1) is 11.5 Å². The van der Waals surface area contributed by atoms with Crippen LogP contribution in [0, 0.1) is 28.6 Å². The van der Waals surface area contributed by atoms with Crippen LogP contribution in [0.15, 0.2) is 0 Å². The van der Waals surface area contributed by atoms with E-state index in [1.807, 2.05) is 13.8 Å². The lowest BCUT2D eigenvalue weighted by Gasteiger charge is -2.17. The predicted octanol–water partition coefficient (Wildman–Crippen LogP) is 3.34. The Morgan fingerprint density at radius 3 is 2.69 bits per heavy atom. The molecule has 92 valence electrons. The van der Waals surface area contributed by atoms with E-state index in [1.165, 1.54) is 25.8 Å². The van der Waals surface area contributed by atoms with Crippen molar-refractivity contribution in [3.05, 3.63) is 0 Å². The highest BCUT2D eigenvalue weighted by atomic mass is 14.9. The molecule has 1 aliphatic rings. The molecule has 2 unspecified atom stereocenters. The van der Waals surface area contributed by atoms with Gasteiger partial charge >= 0.3 is 0 Å². The van der Waals surface area contributed by atoms with Crippen LogP contribution in [0.2, 0.25) is 0 Å². The molecule has 0 amide bonds. The SMILES string of the molecule is CC1CCCC1CNCCCC(C)(C)C#N. The van der Waals surface area contributed by atoms with Gasteiger partial charge < -0.3 is 5.32 Å². The molecule has 1 N–H and O–H groups in total. The van der Waals surface area contributed by atoms with E-state index in [0.29, 0.717) is 0 Å². The summed E-state index contributed by atoms with van der Waals surface area (Å²) < 4.78 is 0. The van der Waals surface area contributed by atoms with Crippen molar-refractivity contribution < 1.29 is 0 Å². The smallest absolute Gasteiger partial charge is 0.0683 e. The van der Waals surface area contributed by atoms with Gasteiger partial charge in [0.25, 0.3) is 0 Å². The molecule has 0 aliphatic heterocycles. The monoisotopic (exact) mass is 222 g/mol. The van der Waals surface area contributed by atoms with E-state index in [4.69, 9.17) is 5.26 Å². The summed E-state index contributed by atoms with van der Waals surface area (Å²) in [7, 11) is 0. The summed E-state index contributed by atoms with van der Waals surface area (Å²) in [4.78, 5) is 0. The molecule has 1 saturated carbocycles. The molecule has 0 saturated heterocycles. The molecule has 0 aromatic carbocycles. The summed E-state index contributed by atoms with van der Waals surface area (Å²) in [5, 5.41) is 12.4. The van der Waals surface area contributed by atoms with Gasteiger partial charge in [0, 0.05) is 0 Å². The Bertz CT molecular complexity index is 240. The zero-order chi connectivity index (χ0) is 12.0. The van der Waals surface area contributed by atoms with Gasteiger partial charge in [0.1, 0.15) is 0 Å². The first-order valence-corrected chi connectivity index (χ1v) is 6.67. The highest BCUT2D eigenvalue weighted by Crippen LogP contribution is 2.30.